The van der Waals surface area contributed by atoms with E-state index in [1.807, 2.05) is 6.08 Å². The quantitative estimate of drug-likeness (QED) is 0.198. The Kier molecular flexibility index (Phi) is 13.6. The van der Waals surface area contributed by atoms with Gasteiger partial charge in [0, 0.05) is 0 Å². The summed E-state index contributed by atoms with van der Waals surface area (Å²) in [6.45, 7) is 2.75. The van der Waals surface area contributed by atoms with Gasteiger partial charge in [0.1, 0.15) is 24.4 Å². The van der Waals surface area contributed by atoms with E-state index >= 15 is 0 Å². The van der Waals surface area contributed by atoms with E-state index in [0.717, 1.165) is 0 Å². The number of hydrogen-bond acceptors (Lipinski definition) is 6. The first-order chi connectivity index (χ1) is 7.45. The van der Waals surface area contributed by atoms with E-state index in [9.17, 15) is 4.79 Å². The van der Waals surface area contributed by atoms with Crippen LogP contribution in [-0.4, -0.2) is 90.8 Å². The van der Waals surface area contributed by atoms with Crippen molar-refractivity contribution in [3.05, 3.63) is 12.7 Å². The van der Waals surface area contributed by atoms with Gasteiger partial charge in [0.15, 0.2) is 6.29 Å². The van der Waals surface area contributed by atoms with Crippen LogP contribution in [0.15, 0.2) is 12.7 Å². The third-order valence-electron chi connectivity index (χ3n) is 1.71. The van der Waals surface area contributed by atoms with Gasteiger partial charge in [0.25, 0.3) is 0 Å². The smallest absolute Gasteiger partial charge is 0.151 e. The van der Waals surface area contributed by atoms with E-state index in [1.54, 1.807) is 0 Å². The number of rotatable bonds is 6. The molecule has 0 aromatic rings. The molecular weight excluding hydrogens is 227 g/mol. The molecule has 0 bridgehead atoms. The van der Waals surface area contributed by atoms with Crippen molar-refractivity contribution in [2.75, 3.05) is 6.61 Å². The van der Waals surface area contributed by atoms with Crippen molar-refractivity contribution in [1.29, 1.82) is 0 Å². The van der Waals surface area contributed by atoms with E-state index in [1.165, 1.54) is 31.6 Å². The van der Waals surface area contributed by atoms with Gasteiger partial charge >= 0.3 is 44.3 Å². The van der Waals surface area contributed by atoms with Crippen molar-refractivity contribution in [2.45, 2.75) is 28.1 Å². The molecule has 0 amide bonds. The topological polar surface area (TPSA) is 118 Å². The van der Waals surface area contributed by atoms with Crippen molar-refractivity contribution in [1.82, 2.24) is 0 Å². The number of aliphatic hydroxyl groups is 5. The molecule has 0 aliphatic rings. The summed E-state index contributed by atoms with van der Waals surface area (Å²) in [4.78, 5) is 9.90. The molecule has 0 aliphatic carbocycles. The molecule has 0 heterocycles. The van der Waals surface area contributed by atoms with Crippen LogP contribution in [0.5, 0.6) is 0 Å². The molecule has 0 aromatic heterocycles. The molecule has 0 saturated carbocycles. The van der Waals surface area contributed by atoms with E-state index < -0.39 is 31.0 Å². The van der Waals surface area contributed by atoms with Crippen molar-refractivity contribution in [3.8, 4) is 0 Å². The molecule has 0 radical (unpaired) electrons. The first-order valence-electron chi connectivity index (χ1n) is 4.85. The molecule has 90 valence electrons. The van der Waals surface area contributed by atoms with Gasteiger partial charge in [-0.05, 0) is 0 Å². The molecule has 0 spiro atoms. The van der Waals surface area contributed by atoms with Crippen LogP contribution in [0.3, 0.4) is 0 Å². The molecule has 0 rings (SSSR count). The van der Waals surface area contributed by atoms with E-state index in [2.05, 4.69) is 6.58 Å². The molecule has 0 aromatic carbocycles. The average molecular weight is 244 g/mol. The molecule has 0 saturated heterocycles. The Hall–Kier alpha value is 0.210. The number of carbonyl (C=O) groups excluding carboxylic acids is 1. The summed E-state index contributed by atoms with van der Waals surface area (Å²) in [5.74, 6) is 0. The second kappa shape index (κ2) is 11.7. The first kappa shape index (κ1) is 18.6. The van der Waals surface area contributed by atoms with Gasteiger partial charge in [-0.1, -0.05) is 0 Å². The third-order valence-corrected chi connectivity index (χ3v) is 2.29. The van der Waals surface area contributed by atoms with Crippen LogP contribution >= 0.6 is 0 Å². The van der Waals surface area contributed by atoms with Gasteiger partial charge in [-0.25, -0.2) is 0 Å². The fourth-order valence-corrected chi connectivity index (χ4v) is 0.618. The van der Waals surface area contributed by atoms with Gasteiger partial charge in [-0.2, -0.15) is 0 Å². The molecule has 0 unspecified atom stereocenters. The van der Waals surface area contributed by atoms with Gasteiger partial charge in [-0.15, -0.1) is 0 Å². The van der Waals surface area contributed by atoms with Crippen molar-refractivity contribution in [3.63, 3.8) is 0 Å². The third kappa shape index (κ3) is 8.37. The summed E-state index contributed by atoms with van der Waals surface area (Å²) in [5.41, 5.74) is 0. The predicted octanol–water partition coefficient (Wildman–Crippen LogP) is -2.62. The van der Waals surface area contributed by atoms with Gasteiger partial charge in [0.05, 0.1) is 6.61 Å². The predicted molar refractivity (Wildman–Crippen MR) is 57.9 cm³/mol. The number of hydrogen-bond donors (Lipinski definition) is 5. The Labute approximate surface area is 112 Å². The number of aliphatic hydroxyl groups excluding tert-OH is 5. The van der Waals surface area contributed by atoms with Crippen LogP contribution < -0.4 is 0 Å². The summed E-state index contributed by atoms with van der Waals surface area (Å²) < 4.78 is 1.22. The fourth-order valence-electron chi connectivity index (χ4n) is 0.618. The van der Waals surface area contributed by atoms with Gasteiger partial charge < -0.3 is 30.3 Å². The SMILES string of the molecule is C=C[CH2][Na].O=C[C@H](O)[C@@H](O)[C@H](O)[C@H](O)CO. The largest absolute Gasteiger partial charge is 0.394 e. The Morgan fingerprint density at radius 1 is 1.19 bits per heavy atom. The Balaban J connectivity index is 0. The molecule has 5 N–H and O–H groups in total. The second-order valence-corrected chi connectivity index (χ2v) is 3.87. The van der Waals surface area contributed by atoms with Crippen molar-refractivity contribution in [2.24, 2.45) is 0 Å². The van der Waals surface area contributed by atoms with Crippen molar-refractivity contribution >= 4 is 34.2 Å². The maximum absolute atomic E-state index is 9.90. The fraction of sp³-hybridized carbons (Fsp3) is 0.667. The average Bonchev–Trinajstić information content (AvgIpc) is 2.34. The number of carbonyl (C=O) groups is 1. The van der Waals surface area contributed by atoms with Crippen LogP contribution in [0.4, 0.5) is 0 Å². The summed E-state index contributed by atoms with van der Waals surface area (Å²) in [6.07, 6.45) is -4.90. The van der Waals surface area contributed by atoms with Crippen LogP contribution in [-0.2, 0) is 4.79 Å². The standard InChI is InChI=1S/C6H12O6.C3H5.Na/c7-1-3(9)5(11)6(12)4(10)2-8;1-3-2;/h1,3-6,8-12H,2H2;3H,1-2H2;/t3-,4+,5+,6+;;/m0../s1. The van der Waals surface area contributed by atoms with Crippen LogP contribution in [0.25, 0.3) is 0 Å². The number of allylic oxidation sites excluding steroid dienone is 1. The minimum Gasteiger partial charge on any atom is -0.394 e. The minimum atomic E-state index is -1.79. The molecule has 16 heavy (non-hydrogen) atoms. The molecule has 0 aliphatic heterocycles. The van der Waals surface area contributed by atoms with Crippen LogP contribution in [0.2, 0.25) is 3.67 Å². The van der Waals surface area contributed by atoms with E-state index in [-0.39, 0.29) is 6.29 Å². The monoisotopic (exact) mass is 244 g/mol. The van der Waals surface area contributed by atoms with E-state index in [0.29, 0.717) is 0 Å². The zero-order valence-electron chi connectivity index (χ0n) is 9.23. The van der Waals surface area contributed by atoms with Gasteiger partial charge in [-0.3, -0.25) is 0 Å². The molecule has 4 atom stereocenters. The zero-order valence-corrected chi connectivity index (χ0v) is 11.2. The van der Waals surface area contributed by atoms with Gasteiger partial charge in [0.2, 0.25) is 0 Å². The summed E-state index contributed by atoms with van der Waals surface area (Å²) in [6, 6.07) is 0. The summed E-state index contributed by atoms with van der Waals surface area (Å²) in [5, 5.41) is 43.5. The zero-order chi connectivity index (χ0) is 13.1. The second-order valence-electron chi connectivity index (χ2n) is 3.05. The molecule has 0 fully saturated rings. The van der Waals surface area contributed by atoms with Crippen molar-refractivity contribution < 1.29 is 30.3 Å². The Morgan fingerprint density at radius 2 is 1.62 bits per heavy atom. The first-order valence-corrected chi connectivity index (χ1v) is 6.26. The number of aldehydes is 1. The Morgan fingerprint density at radius 3 is 1.88 bits per heavy atom. The van der Waals surface area contributed by atoms with Crippen LogP contribution in [0, 0.1) is 0 Å². The van der Waals surface area contributed by atoms with E-state index in [4.69, 9.17) is 25.5 Å². The van der Waals surface area contributed by atoms with Crippen LogP contribution in [0.1, 0.15) is 0 Å². The summed E-state index contributed by atoms with van der Waals surface area (Å²) in [7, 11) is 0. The molecule has 7 heteroatoms. The maximum atomic E-state index is 9.90. The minimum absolute atomic E-state index is 0.0258. The molecular formula is C9H17NaO6. The Bertz CT molecular complexity index is 189. The summed E-state index contributed by atoms with van der Waals surface area (Å²) >= 11 is 1.27. The molecule has 6 nitrogen and oxygen atoms in total. The maximum Gasteiger partial charge on any atom is 0.151 e. The normalized spacial score (nSPS) is 17.4.